The lowest BCUT2D eigenvalue weighted by Crippen LogP contribution is -2.12. The highest BCUT2D eigenvalue weighted by Crippen LogP contribution is 2.18. The summed E-state index contributed by atoms with van der Waals surface area (Å²) < 4.78 is 14.0. The van der Waals surface area contributed by atoms with Crippen LogP contribution in [-0.4, -0.2) is 10.9 Å². The molecule has 0 atom stereocenters. The minimum absolute atomic E-state index is 0.219. The number of carbonyl (C=O) groups is 1. The van der Waals surface area contributed by atoms with E-state index in [4.69, 9.17) is 0 Å². The third-order valence-electron chi connectivity index (χ3n) is 3.21. The lowest BCUT2D eigenvalue weighted by atomic mass is 10.2. The predicted octanol–water partition coefficient (Wildman–Crippen LogP) is 4.98. The van der Waals surface area contributed by atoms with E-state index < -0.39 is 0 Å². The lowest BCUT2D eigenvalue weighted by Gasteiger charge is -2.08. The van der Waals surface area contributed by atoms with E-state index in [2.05, 4.69) is 31.5 Å². The van der Waals surface area contributed by atoms with Crippen LogP contribution in [0.5, 0.6) is 0 Å². The van der Waals surface area contributed by atoms with Crippen molar-refractivity contribution >= 4 is 39.0 Å². The van der Waals surface area contributed by atoms with Gasteiger partial charge in [0.05, 0.1) is 11.9 Å². The van der Waals surface area contributed by atoms with Gasteiger partial charge in [0.25, 0.3) is 5.91 Å². The van der Waals surface area contributed by atoms with E-state index in [0.717, 1.165) is 4.47 Å². The van der Waals surface area contributed by atoms with Gasteiger partial charge in [0.2, 0.25) is 0 Å². The highest BCUT2D eigenvalue weighted by atomic mass is 79.9. The fourth-order valence-corrected chi connectivity index (χ4v) is 2.49. The normalized spacial score (nSPS) is 10.2. The second-order valence-corrected chi connectivity index (χ2v) is 5.95. The molecular weight excluding hydrogens is 373 g/mol. The van der Waals surface area contributed by atoms with Gasteiger partial charge in [-0.3, -0.25) is 4.79 Å². The number of anilines is 3. The van der Waals surface area contributed by atoms with Crippen LogP contribution in [0.15, 0.2) is 71.3 Å². The Kier molecular flexibility index (Phi) is 4.86. The molecule has 0 aliphatic heterocycles. The molecule has 2 N–H and O–H groups in total. The SMILES string of the molecule is O=C(Nc1ccc(Nc2cccc(F)c2)nc1)c1cccc(Br)c1. The molecule has 120 valence electrons. The van der Waals surface area contributed by atoms with E-state index in [-0.39, 0.29) is 11.7 Å². The Morgan fingerprint density at radius 1 is 1.00 bits per heavy atom. The molecule has 1 heterocycles. The Hall–Kier alpha value is -2.73. The van der Waals surface area contributed by atoms with Crippen molar-refractivity contribution in [3.8, 4) is 0 Å². The van der Waals surface area contributed by atoms with Crippen molar-refractivity contribution < 1.29 is 9.18 Å². The molecule has 0 fully saturated rings. The van der Waals surface area contributed by atoms with Gasteiger partial charge < -0.3 is 10.6 Å². The summed E-state index contributed by atoms with van der Waals surface area (Å²) in [6.07, 6.45) is 1.54. The summed E-state index contributed by atoms with van der Waals surface area (Å²) >= 11 is 3.33. The fraction of sp³-hybridized carbons (Fsp3) is 0. The van der Waals surface area contributed by atoms with Gasteiger partial charge >= 0.3 is 0 Å². The molecule has 3 aromatic rings. The van der Waals surface area contributed by atoms with Crippen LogP contribution in [0.2, 0.25) is 0 Å². The second kappa shape index (κ2) is 7.23. The second-order valence-electron chi connectivity index (χ2n) is 5.03. The van der Waals surface area contributed by atoms with Crippen molar-refractivity contribution in [2.75, 3.05) is 10.6 Å². The first-order chi connectivity index (χ1) is 11.6. The van der Waals surface area contributed by atoms with Gasteiger partial charge in [-0.25, -0.2) is 9.37 Å². The molecular formula is C18H13BrFN3O. The Bertz CT molecular complexity index is 868. The predicted molar refractivity (Wildman–Crippen MR) is 96.0 cm³/mol. The molecule has 0 aliphatic rings. The van der Waals surface area contributed by atoms with Crippen LogP contribution in [0.1, 0.15) is 10.4 Å². The Labute approximate surface area is 146 Å². The van der Waals surface area contributed by atoms with E-state index in [9.17, 15) is 9.18 Å². The summed E-state index contributed by atoms with van der Waals surface area (Å²) in [6, 6.07) is 16.7. The van der Waals surface area contributed by atoms with Crippen LogP contribution in [-0.2, 0) is 0 Å². The summed E-state index contributed by atoms with van der Waals surface area (Å²) in [6.45, 7) is 0. The Morgan fingerprint density at radius 3 is 2.54 bits per heavy atom. The minimum atomic E-state index is -0.321. The van der Waals surface area contributed by atoms with Crippen molar-refractivity contribution in [1.82, 2.24) is 4.98 Å². The van der Waals surface area contributed by atoms with Gasteiger partial charge in [-0.15, -0.1) is 0 Å². The van der Waals surface area contributed by atoms with Gasteiger partial charge in [-0.1, -0.05) is 28.1 Å². The first-order valence-corrected chi connectivity index (χ1v) is 7.95. The summed E-state index contributed by atoms with van der Waals surface area (Å²) in [5.74, 6) is 0.0166. The van der Waals surface area contributed by atoms with Crippen molar-refractivity contribution in [2.45, 2.75) is 0 Å². The number of pyridine rings is 1. The number of carbonyl (C=O) groups excluding carboxylic acids is 1. The van der Waals surface area contributed by atoms with Crippen LogP contribution in [0.3, 0.4) is 0 Å². The zero-order chi connectivity index (χ0) is 16.9. The third kappa shape index (κ3) is 4.17. The highest BCUT2D eigenvalue weighted by molar-refractivity contribution is 9.10. The Balaban J connectivity index is 1.67. The van der Waals surface area contributed by atoms with Gasteiger partial charge in [-0.05, 0) is 48.5 Å². The van der Waals surface area contributed by atoms with Gasteiger partial charge in [0.1, 0.15) is 11.6 Å². The van der Waals surface area contributed by atoms with Crippen molar-refractivity contribution in [2.24, 2.45) is 0 Å². The van der Waals surface area contributed by atoms with Crippen LogP contribution in [0.25, 0.3) is 0 Å². The number of benzene rings is 2. The average molecular weight is 386 g/mol. The van der Waals surface area contributed by atoms with Crippen LogP contribution in [0, 0.1) is 5.82 Å². The van der Waals surface area contributed by atoms with Gasteiger partial charge in [-0.2, -0.15) is 0 Å². The minimum Gasteiger partial charge on any atom is -0.340 e. The summed E-state index contributed by atoms with van der Waals surface area (Å²) in [5, 5.41) is 5.77. The van der Waals surface area contributed by atoms with E-state index in [1.54, 1.807) is 42.5 Å². The molecule has 24 heavy (non-hydrogen) atoms. The standard InChI is InChI=1S/C18H13BrFN3O/c19-13-4-1-3-12(9-13)18(24)23-16-7-8-17(21-11-16)22-15-6-2-5-14(20)10-15/h1-11H,(H,21,22)(H,23,24). The fourth-order valence-electron chi connectivity index (χ4n) is 2.09. The molecule has 1 aromatic heterocycles. The third-order valence-corrected chi connectivity index (χ3v) is 3.70. The maximum absolute atomic E-state index is 13.2. The number of hydrogen-bond donors (Lipinski definition) is 2. The van der Waals surface area contributed by atoms with Crippen molar-refractivity contribution in [3.63, 3.8) is 0 Å². The quantitative estimate of drug-likeness (QED) is 0.665. The number of amides is 1. The van der Waals surface area contributed by atoms with E-state index in [0.29, 0.717) is 22.8 Å². The van der Waals surface area contributed by atoms with Crippen molar-refractivity contribution in [1.29, 1.82) is 0 Å². The molecule has 0 aliphatic carbocycles. The smallest absolute Gasteiger partial charge is 0.255 e. The van der Waals surface area contributed by atoms with Gasteiger partial charge in [0, 0.05) is 15.7 Å². The summed E-state index contributed by atoms with van der Waals surface area (Å²) in [5.41, 5.74) is 1.73. The lowest BCUT2D eigenvalue weighted by molar-refractivity contribution is 0.102. The number of nitrogens with one attached hydrogen (secondary N) is 2. The maximum atomic E-state index is 13.2. The van der Waals surface area contributed by atoms with Gasteiger partial charge in [0.15, 0.2) is 0 Å². The monoisotopic (exact) mass is 385 g/mol. The molecule has 0 saturated carbocycles. The molecule has 6 heteroatoms. The molecule has 0 radical (unpaired) electrons. The number of nitrogens with zero attached hydrogens (tertiary/aromatic N) is 1. The number of halogens is 2. The number of aromatic nitrogens is 1. The molecule has 0 bridgehead atoms. The van der Waals surface area contributed by atoms with Crippen LogP contribution < -0.4 is 10.6 Å². The average Bonchev–Trinajstić information content (AvgIpc) is 2.57. The number of hydrogen-bond acceptors (Lipinski definition) is 3. The molecule has 0 unspecified atom stereocenters. The first-order valence-electron chi connectivity index (χ1n) is 7.16. The largest absolute Gasteiger partial charge is 0.340 e. The summed E-state index contributed by atoms with van der Waals surface area (Å²) in [4.78, 5) is 16.4. The molecule has 1 amide bonds. The molecule has 2 aromatic carbocycles. The number of rotatable bonds is 4. The Morgan fingerprint density at radius 2 is 1.83 bits per heavy atom. The van der Waals surface area contributed by atoms with E-state index in [1.807, 2.05) is 6.07 Å². The van der Waals surface area contributed by atoms with E-state index >= 15 is 0 Å². The molecule has 4 nitrogen and oxygen atoms in total. The molecule has 0 spiro atoms. The zero-order valence-electron chi connectivity index (χ0n) is 12.5. The summed E-state index contributed by atoms with van der Waals surface area (Å²) in [7, 11) is 0. The van der Waals surface area contributed by atoms with Crippen LogP contribution >= 0.6 is 15.9 Å². The zero-order valence-corrected chi connectivity index (χ0v) is 14.0. The van der Waals surface area contributed by atoms with Crippen LogP contribution in [0.4, 0.5) is 21.6 Å². The topological polar surface area (TPSA) is 54.0 Å². The first kappa shape index (κ1) is 16.1. The molecule has 3 rings (SSSR count). The van der Waals surface area contributed by atoms with E-state index in [1.165, 1.54) is 18.3 Å². The molecule has 0 saturated heterocycles. The highest BCUT2D eigenvalue weighted by Gasteiger charge is 2.07. The van der Waals surface area contributed by atoms with Crippen molar-refractivity contribution in [3.05, 3.63) is 82.7 Å². The maximum Gasteiger partial charge on any atom is 0.255 e.